The molecule has 2 aromatic rings. The molecule has 5 heteroatoms. The van der Waals surface area contributed by atoms with E-state index in [1.165, 1.54) is 42.6 Å². The van der Waals surface area contributed by atoms with Crippen LogP contribution in [-0.4, -0.2) is 42.2 Å². The van der Waals surface area contributed by atoms with Gasteiger partial charge in [0.25, 0.3) is 0 Å². The number of anilines is 1. The second-order valence-electron chi connectivity index (χ2n) is 9.72. The van der Waals surface area contributed by atoms with Gasteiger partial charge in [-0.3, -0.25) is 4.98 Å². The van der Waals surface area contributed by atoms with Gasteiger partial charge in [0.2, 0.25) is 0 Å². The lowest BCUT2D eigenvalue weighted by Gasteiger charge is -2.46. The van der Waals surface area contributed by atoms with E-state index in [0.29, 0.717) is 0 Å². The SMILES string of the molecule is ClC1CN(c2ccccc2CNCCC2(c3ccccn3)CCOC3(CCCC3)C2)C1. The number of rotatable bonds is 7. The molecule has 5 rings (SSSR count). The molecule has 0 amide bonds. The Morgan fingerprint density at radius 3 is 2.65 bits per heavy atom. The number of pyridine rings is 1. The average molecular weight is 440 g/mol. The molecule has 1 saturated carbocycles. The van der Waals surface area contributed by atoms with Gasteiger partial charge < -0.3 is 15.0 Å². The maximum Gasteiger partial charge on any atom is 0.0691 e. The molecule has 1 aliphatic carbocycles. The zero-order valence-corrected chi connectivity index (χ0v) is 19.1. The van der Waals surface area contributed by atoms with Crippen molar-refractivity contribution in [3.63, 3.8) is 0 Å². The highest BCUT2D eigenvalue weighted by Crippen LogP contribution is 2.49. The highest BCUT2D eigenvalue weighted by Gasteiger charge is 2.48. The van der Waals surface area contributed by atoms with Crippen molar-refractivity contribution in [1.29, 1.82) is 0 Å². The van der Waals surface area contributed by atoms with Crippen LogP contribution in [-0.2, 0) is 16.7 Å². The Balaban J connectivity index is 1.26. The maximum atomic E-state index is 6.38. The Kier molecular flexibility index (Phi) is 6.23. The van der Waals surface area contributed by atoms with Crippen LogP contribution in [0.2, 0.25) is 0 Å². The number of aromatic nitrogens is 1. The zero-order chi connectivity index (χ0) is 21.2. The van der Waals surface area contributed by atoms with E-state index in [9.17, 15) is 0 Å². The molecular weight excluding hydrogens is 406 g/mol. The first-order chi connectivity index (χ1) is 15.2. The van der Waals surface area contributed by atoms with Crippen LogP contribution in [0.4, 0.5) is 5.69 Å². The molecule has 0 radical (unpaired) electrons. The maximum absolute atomic E-state index is 6.38. The summed E-state index contributed by atoms with van der Waals surface area (Å²) >= 11 is 6.21. The van der Waals surface area contributed by atoms with Crippen molar-refractivity contribution in [3.05, 3.63) is 59.9 Å². The molecule has 2 saturated heterocycles. The molecule has 3 heterocycles. The summed E-state index contributed by atoms with van der Waals surface area (Å²) in [6.45, 7) is 4.62. The van der Waals surface area contributed by atoms with E-state index in [-0.39, 0.29) is 16.4 Å². The van der Waals surface area contributed by atoms with Crippen molar-refractivity contribution < 1.29 is 4.74 Å². The van der Waals surface area contributed by atoms with Gasteiger partial charge in [-0.15, -0.1) is 11.6 Å². The molecular formula is C26H34ClN3O. The molecule has 31 heavy (non-hydrogen) atoms. The first kappa shape index (κ1) is 21.2. The van der Waals surface area contributed by atoms with Crippen LogP contribution in [0.15, 0.2) is 48.7 Å². The number of alkyl halides is 1. The van der Waals surface area contributed by atoms with Crippen molar-refractivity contribution in [2.24, 2.45) is 0 Å². The van der Waals surface area contributed by atoms with Crippen LogP contribution in [0.5, 0.6) is 0 Å². The third-order valence-corrected chi connectivity index (χ3v) is 7.91. The number of hydrogen-bond acceptors (Lipinski definition) is 4. The molecule has 3 fully saturated rings. The van der Waals surface area contributed by atoms with Gasteiger partial charge >= 0.3 is 0 Å². The fraction of sp³-hybridized carbons (Fsp3) is 0.577. The molecule has 3 aliphatic rings. The fourth-order valence-corrected chi connectivity index (χ4v) is 6.27. The van der Waals surface area contributed by atoms with Crippen LogP contribution in [0.1, 0.15) is 56.2 Å². The number of hydrogen-bond donors (Lipinski definition) is 1. The van der Waals surface area contributed by atoms with Gasteiger partial charge in [-0.05, 0) is 62.4 Å². The van der Waals surface area contributed by atoms with Gasteiger partial charge in [0, 0.05) is 49.2 Å². The molecule has 2 aliphatic heterocycles. The summed E-state index contributed by atoms with van der Waals surface area (Å²) in [6, 6.07) is 15.1. The molecule has 0 bridgehead atoms. The Bertz CT molecular complexity index is 864. The monoisotopic (exact) mass is 439 g/mol. The number of nitrogens with one attached hydrogen (secondary N) is 1. The van der Waals surface area contributed by atoms with Crippen LogP contribution in [0.25, 0.3) is 0 Å². The molecule has 1 unspecified atom stereocenters. The smallest absolute Gasteiger partial charge is 0.0691 e. The average Bonchev–Trinajstić information content (AvgIpc) is 3.23. The lowest BCUT2D eigenvalue weighted by Crippen LogP contribution is -2.48. The van der Waals surface area contributed by atoms with Crippen molar-refractivity contribution >= 4 is 17.3 Å². The van der Waals surface area contributed by atoms with E-state index in [1.54, 1.807) is 0 Å². The molecule has 1 atom stereocenters. The number of para-hydroxylation sites is 1. The first-order valence-corrected chi connectivity index (χ1v) is 12.3. The lowest BCUT2D eigenvalue weighted by molar-refractivity contribution is -0.104. The Morgan fingerprint density at radius 1 is 1.06 bits per heavy atom. The summed E-state index contributed by atoms with van der Waals surface area (Å²) in [5.41, 5.74) is 4.12. The number of benzene rings is 1. The second-order valence-corrected chi connectivity index (χ2v) is 10.3. The van der Waals surface area contributed by atoms with E-state index in [4.69, 9.17) is 21.3 Å². The van der Waals surface area contributed by atoms with Gasteiger partial charge in [-0.1, -0.05) is 37.1 Å². The third-order valence-electron chi connectivity index (χ3n) is 7.64. The van der Waals surface area contributed by atoms with E-state index in [0.717, 1.165) is 52.0 Å². The minimum atomic E-state index is 0.0813. The minimum absolute atomic E-state index is 0.0813. The second kappa shape index (κ2) is 9.09. The predicted molar refractivity (Wildman–Crippen MR) is 127 cm³/mol. The van der Waals surface area contributed by atoms with Crippen LogP contribution in [0.3, 0.4) is 0 Å². The summed E-state index contributed by atoms with van der Waals surface area (Å²) in [6.07, 6.45) is 10.2. The predicted octanol–water partition coefficient (Wildman–Crippen LogP) is 5.05. The minimum Gasteiger partial charge on any atom is -0.375 e. The number of ether oxygens (including phenoxy) is 1. The number of halogens is 1. The van der Waals surface area contributed by atoms with Gasteiger partial charge in [0.15, 0.2) is 0 Å². The Hall–Kier alpha value is -1.62. The Labute approximate surface area is 191 Å². The third kappa shape index (κ3) is 4.48. The van der Waals surface area contributed by atoms with Crippen LogP contribution in [0, 0.1) is 0 Å². The summed E-state index contributed by atoms with van der Waals surface area (Å²) in [4.78, 5) is 7.21. The summed E-state index contributed by atoms with van der Waals surface area (Å²) < 4.78 is 6.38. The standard InChI is InChI=1S/C26H34ClN3O/c27-22-18-30(19-22)23-8-2-1-7-21(23)17-28-15-12-25(24-9-3-6-14-29-24)13-16-31-26(20-25)10-4-5-11-26/h1-3,6-9,14,22,28H,4-5,10-13,15-20H2. The summed E-state index contributed by atoms with van der Waals surface area (Å²) in [7, 11) is 0. The van der Waals surface area contributed by atoms with Crippen molar-refractivity contribution in [2.45, 2.75) is 67.9 Å². The lowest BCUT2D eigenvalue weighted by atomic mass is 9.68. The molecule has 4 nitrogen and oxygen atoms in total. The number of nitrogens with zero attached hydrogens (tertiary/aromatic N) is 2. The van der Waals surface area contributed by atoms with E-state index < -0.39 is 0 Å². The summed E-state index contributed by atoms with van der Waals surface area (Å²) in [5, 5.41) is 4.04. The van der Waals surface area contributed by atoms with Gasteiger partial charge in [-0.2, -0.15) is 0 Å². The van der Waals surface area contributed by atoms with E-state index >= 15 is 0 Å². The first-order valence-electron chi connectivity index (χ1n) is 11.9. The van der Waals surface area contributed by atoms with Crippen molar-refractivity contribution in [1.82, 2.24) is 10.3 Å². The van der Waals surface area contributed by atoms with E-state index in [2.05, 4.69) is 46.6 Å². The van der Waals surface area contributed by atoms with Gasteiger partial charge in [-0.25, -0.2) is 0 Å². The van der Waals surface area contributed by atoms with Gasteiger partial charge in [0.05, 0.1) is 11.0 Å². The van der Waals surface area contributed by atoms with Gasteiger partial charge in [0.1, 0.15) is 0 Å². The van der Waals surface area contributed by atoms with Crippen LogP contribution >= 0.6 is 11.6 Å². The normalized spacial score (nSPS) is 25.6. The fourth-order valence-electron chi connectivity index (χ4n) is 5.94. The summed E-state index contributed by atoms with van der Waals surface area (Å²) in [5.74, 6) is 0. The Morgan fingerprint density at radius 2 is 1.87 bits per heavy atom. The largest absolute Gasteiger partial charge is 0.375 e. The molecule has 1 aromatic heterocycles. The van der Waals surface area contributed by atoms with E-state index in [1.807, 2.05) is 12.3 Å². The molecule has 1 spiro atoms. The van der Waals surface area contributed by atoms with Crippen molar-refractivity contribution in [2.75, 3.05) is 31.1 Å². The topological polar surface area (TPSA) is 37.4 Å². The molecule has 1 N–H and O–H groups in total. The highest BCUT2D eigenvalue weighted by atomic mass is 35.5. The van der Waals surface area contributed by atoms with Crippen molar-refractivity contribution in [3.8, 4) is 0 Å². The van der Waals surface area contributed by atoms with Crippen LogP contribution < -0.4 is 10.2 Å². The zero-order valence-electron chi connectivity index (χ0n) is 18.4. The highest BCUT2D eigenvalue weighted by molar-refractivity contribution is 6.22. The quantitative estimate of drug-likeness (QED) is 0.484. The molecule has 1 aromatic carbocycles. The molecule has 166 valence electrons.